The summed E-state index contributed by atoms with van der Waals surface area (Å²) in [7, 11) is 0. The fourth-order valence-electron chi connectivity index (χ4n) is 2.58. The van der Waals surface area contributed by atoms with Gasteiger partial charge in [-0.05, 0) is 58.1 Å². The van der Waals surface area contributed by atoms with Gasteiger partial charge in [0.05, 0.1) is 16.4 Å². The molecule has 10 nitrogen and oxygen atoms in total. The quantitative estimate of drug-likeness (QED) is 0.517. The molecule has 0 aliphatic heterocycles. The first kappa shape index (κ1) is 19.0. The van der Waals surface area contributed by atoms with E-state index in [2.05, 4.69) is 36.3 Å². The fraction of sp³-hybridized carbons (Fsp3) is 0.118. The van der Waals surface area contributed by atoms with E-state index in [0.29, 0.717) is 32.9 Å². The number of carbonyl (C=O) groups is 1. The molecule has 0 aliphatic carbocycles. The van der Waals surface area contributed by atoms with Gasteiger partial charge in [-0.15, -0.1) is 15.3 Å². The molecule has 146 valence electrons. The van der Waals surface area contributed by atoms with Gasteiger partial charge in [0.25, 0.3) is 0 Å². The molecule has 0 fully saturated rings. The lowest BCUT2D eigenvalue weighted by Gasteiger charge is -2.05. The van der Waals surface area contributed by atoms with E-state index in [1.54, 1.807) is 47.1 Å². The predicted octanol–water partition coefficient (Wildman–Crippen LogP) is 2.63. The van der Waals surface area contributed by atoms with Crippen molar-refractivity contribution in [2.45, 2.75) is 13.5 Å². The Hall–Kier alpha value is -3.37. The normalized spacial score (nSPS) is 10.9. The SMILES string of the molecule is CC(=O)Nc1ccc(-c2nnn(Cc3nnnn3-c3ccc(Cl)cc3)n2)cc1Cl. The van der Waals surface area contributed by atoms with E-state index in [-0.39, 0.29) is 12.5 Å². The van der Waals surface area contributed by atoms with Gasteiger partial charge >= 0.3 is 0 Å². The minimum atomic E-state index is -0.206. The molecular weight excluding hydrogens is 417 g/mol. The molecule has 0 spiro atoms. The number of carbonyl (C=O) groups excluding carboxylic acids is 1. The summed E-state index contributed by atoms with van der Waals surface area (Å²) < 4.78 is 1.57. The van der Waals surface area contributed by atoms with Gasteiger partial charge in [0.15, 0.2) is 5.82 Å². The van der Waals surface area contributed by atoms with E-state index in [1.807, 2.05) is 0 Å². The maximum atomic E-state index is 11.2. The van der Waals surface area contributed by atoms with Gasteiger partial charge < -0.3 is 5.32 Å². The molecule has 4 aromatic rings. The highest BCUT2D eigenvalue weighted by atomic mass is 35.5. The monoisotopic (exact) mass is 429 g/mol. The summed E-state index contributed by atoms with van der Waals surface area (Å²) in [4.78, 5) is 12.6. The highest BCUT2D eigenvalue weighted by Gasteiger charge is 2.13. The van der Waals surface area contributed by atoms with Crippen molar-refractivity contribution in [3.8, 4) is 17.1 Å². The van der Waals surface area contributed by atoms with Gasteiger partial charge in [0.1, 0.15) is 6.54 Å². The van der Waals surface area contributed by atoms with Crippen LogP contribution in [0.5, 0.6) is 0 Å². The van der Waals surface area contributed by atoms with Crippen LogP contribution in [-0.2, 0) is 11.3 Å². The van der Waals surface area contributed by atoms with Crippen molar-refractivity contribution in [2.24, 2.45) is 0 Å². The molecule has 4 rings (SSSR count). The molecule has 0 unspecified atom stereocenters. The minimum absolute atomic E-state index is 0.206. The summed E-state index contributed by atoms with van der Waals surface area (Å²) in [6, 6.07) is 12.2. The van der Waals surface area contributed by atoms with Gasteiger partial charge in [-0.2, -0.15) is 9.48 Å². The van der Waals surface area contributed by atoms with Crippen LogP contribution in [0, 0.1) is 0 Å². The summed E-state index contributed by atoms with van der Waals surface area (Å²) in [6.07, 6.45) is 0. The number of nitrogens with zero attached hydrogens (tertiary/aromatic N) is 8. The number of nitrogens with one attached hydrogen (secondary N) is 1. The van der Waals surface area contributed by atoms with Crippen LogP contribution < -0.4 is 5.32 Å². The second-order valence-electron chi connectivity index (χ2n) is 6.00. The number of amides is 1. The zero-order valence-electron chi connectivity index (χ0n) is 15.0. The lowest BCUT2D eigenvalue weighted by Crippen LogP contribution is -2.11. The second-order valence-corrected chi connectivity index (χ2v) is 6.85. The molecule has 0 saturated heterocycles. The van der Waals surface area contributed by atoms with Crippen LogP contribution in [0.2, 0.25) is 10.0 Å². The van der Waals surface area contributed by atoms with Gasteiger partial charge in [0.2, 0.25) is 11.7 Å². The summed E-state index contributed by atoms with van der Waals surface area (Å²) >= 11 is 12.1. The first-order valence-corrected chi connectivity index (χ1v) is 9.14. The van der Waals surface area contributed by atoms with Crippen molar-refractivity contribution in [3.05, 3.63) is 58.3 Å². The Morgan fingerprint density at radius 3 is 2.59 bits per heavy atom. The van der Waals surface area contributed by atoms with E-state index in [9.17, 15) is 4.79 Å². The van der Waals surface area contributed by atoms with Crippen molar-refractivity contribution in [1.29, 1.82) is 0 Å². The molecule has 0 radical (unpaired) electrons. The van der Waals surface area contributed by atoms with Gasteiger partial charge in [0, 0.05) is 17.5 Å². The number of tetrazole rings is 2. The molecule has 0 aliphatic rings. The maximum absolute atomic E-state index is 11.2. The number of hydrogen-bond acceptors (Lipinski definition) is 7. The molecule has 0 atom stereocenters. The summed E-state index contributed by atoms with van der Waals surface area (Å²) in [5, 5.41) is 27.8. The third-order valence-electron chi connectivity index (χ3n) is 3.88. The van der Waals surface area contributed by atoms with Gasteiger partial charge in [-0.25, -0.2) is 0 Å². The van der Waals surface area contributed by atoms with Crippen LogP contribution >= 0.6 is 23.2 Å². The molecule has 1 amide bonds. The Morgan fingerprint density at radius 2 is 1.86 bits per heavy atom. The number of aromatic nitrogens is 8. The summed E-state index contributed by atoms with van der Waals surface area (Å²) in [5.74, 6) is 0.698. The Bertz CT molecular complexity index is 1170. The van der Waals surface area contributed by atoms with Crippen LogP contribution in [-0.4, -0.2) is 46.3 Å². The fourth-order valence-corrected chi connectivity index (χ4v) is 2.94. The van der Waals surface area contributed by atoms with Crippen LogP contribution in [0.25, 0.3) is 17.1 Å². The largest absolute Gasteiger partial charge is 0.325 e. The Morgan fingerprint density at radius 1 is 1.07 bits per heavy atom. The van der Waals surface area contributed by atoms with E-state index >= 15 is 0 Å². The highest BCUT2D eigenvalue weighted by molar-refractivity contribution is 6.34. The number of hydrogen-bond donors (Lipinski definition) is 1. The van der Waals surface area contributed by atoms with Crippen LogP contribution in [0.4, 0.5) is 5.69 Å². The summed E-state index contributed by atoms with van der Waals surface area (Å²) in [5.41, 5.74) is 1.93. The molecule has 12 heteroatoms. The smallest absolute Gasteiger partial charge is 0.221 e. The second kappa shape index (κ2) is 7.94. The zero-order valence-corrected chi connectivity index (χ0v) is 16.5. The summed E-state index contributed by atoms with van der Waals surface area (Å²) in [6.45, 7) is 1.62. The topological polar surface area (TPSA) is 116 Å². The van der Waals surface area contributed by atoms with Crippen molar-refractivity contribution in [1.82, 2.24) is 40.4 Å². The average molecular weight is 430 g/mol. The Balaban J connectivity index is 1.55. The first-order chi connectivity index (χ1) is 14.0. The molecule has 2 heterocycles. The number of anilines is 1. The van der Waals surface area contributed by atoms with E-state index in [4.69, 9.17) is 23.2 Å². The predicted molar refractivity (Wildman–Crippen MR) is 106 cm³/mol. The Kier molecular flexibility index (Phi) is 5.19. The van der Waals surface area contributed by atoms with Crippen LogP contribution in [0.15, 0.2) is 42.5 Å². The number of halogens is 2. The lowest BCUT2D eigenvalue weighted by molar-refractivity contribution is -0.114. The molecule has 1 N–H and O–H groups in total. The maximum Gasteiger partial charge on any atom is 0.221 e. The molecule has 0 bridgehead atoms. The van der Waals surface area contributed by atoms with E-state index < -0.39 is 0 Å². The van der Waals surface area contributed by atoms with Gasteiger partial charge in [-0.1, -0.05) is 23.2 Å². The third kappa shape index (κ3) is 4.23. The lowest BCUT2D eigenvalue weighted by atomic mass is 10.2. The molecule has 2 aromatic carbocycles. The van der Waals surface area contributed by atoms with E-state index in [1.165, 1.54) is 11.7 Å². The zero-order chi connectivity index (χ0) is 20.4. The van der Waals surface area contributed by atoms with Crippen molar-refractivity contribution >= 4 is 34.8 Å². The highest BCUT2D eigenvalue weighted by Crippen LogP contribution is 2.27. The standard InChI is InChI=1S/C17H13Cl2N9O/c1-10(29)20-15-7-2-11(8-14(15)19)17-22-25-27(23-17)9-16-21-24-26-28(16)13-5-3-12(18)4-6-13/h2-8H,9H2,1H3,(H,20,29). The van der Waals surface area contributed by atoms with Gasteiger partial charge in [-0.3, -0.25) is 4.79 Å². The number of rotatable bonds is 5. The number of benzene rings is 2. The van der Waals surface area contributed by atoms with Crippen molar-refractivity contribution in [2.75, 3.05) is 5.32 Å². The van der Waals surface area contributed by atoms with Crippen molar-refractivity contribution < 1.29 is 4.79 Å². The Labute approximate surface area is 174 Å². The molecule has 29 heavy (non-hydrogen) atoms. The first-order valence-electron chi connectivity index (χ1n) is 8.38. The minimum Gasteiger partial charge on any atom is -0.325 e. The third-order valence-corrected chi connectivity index (χ3v) is 4.44. The van der Waals surface area contributed by atoms with Crippen molar-refractivity contribution in [3.63, 3.8) is 0 Å². The molecular formula is C17H13Cl2N9O. The van der Waals surface area contributed by atoms with E-state index in [0.717, 1.165) is 5.69 Å². The van der Waals surface area contributed by atoms with Crippen LogP contribution in [0.1, 0.15) is 12.7 Å². The molecule has 2 aromatic heterocycles. The average Bonchev–Trinajstić information content (AvgIpc) is 3.34. The molecule has 0 saturated carbocycles. The van der Waals surface area contributed by atoms with Crippen LogP contribution in [0.3, 0.4) is 0 Å².